The lowest BCUT2D eigenvalue weighted by atomic mass is 10.1. The minimum atomic E-state index is -0.622. The molecule has 0 atom stereocenters. The molecule has 2 N–H and O–H groups in total. The van der Waals surface area contributed by atoms with Gasteiger partial charge >= 0.3 is 0 Å². The van der Waals surface area contributed by atoms with Gasteiger partial charge in [-0.3, -0.25) is 14.8 Å². The molecule has 112 valence electrons. The molecule has 0 saturated carbocycles. The summed E-state index contributed by atoms with van der Waals surface area (Å²) in [5, 5.41) is 15.2. The maximum atomic E-state index is 13.4. The van der Waals surface area contributed by atoms with Crippen LogP contribution in [-0.4, -0.2) is 21.2 Å². The lowest BCUT2D eigenvalue weighted by molar-refractivity contribution is -0.385. The molecule has 6 nitrogen and oxygen atoms in total. The number of benzene rings is 1. The zero-order valence-electron chi connectivity index (χ0n) is 12.0. The summed E-state index contributed by atoms with van der Waals surface area (Å²) < 4.78 is 15.2. The summed E-state index contributed by atoms with van der Waals surface area (Å²) in [5.74, 6) is -0.622. The second kappa shape index (κ2) is 6.01. The quantitative estimate of drug-likeness (QED) is 0.675. The van der Waals surface area contributed by atoms with Crippen molar-refractivity contribution >= 4 is 5.69 Å². The second-order valence-corrected chi connectivity index (χ2v) is 4.92. The smallest absolute Gasteiger partial charge is 0.272 e. The zero-order valence-corrected chi connectivity index (χ0v) is 12.0. The number of hydrogen-bond donors (Lipinski definition) is 1. The first kappa shape index (κ1) is 15.1. The van der Waals surface area contributed by atoms with E-state index < -0.39 is 10.7 Å². The Bertz CT molecular complexity index is 682. The van der Waals surface area contributed by atoms with Gasteiger partial charge in [-0.1, -0.05) is 0 Å². The van der Waals surface area contributed by atoms with Gasteiger partial charge in [0.05, 0.1) is 23.2 Å². The Morgan fingerprint density at radius 1 is 1.38 bits per heavy atom. The Hall–Kier alpha value is -2.28. The number of hydrogen-bond acceptors (Lipinski definition) is 4. The molecule has 0 aliphatic heterocycles. The van der Waals surface area contributed by atoms with Crippen LogP contribution in [0.5, 0.6) is 0 Å². The summed E-state index contributed by atoms with van der Waals surface area (Å²) in [6.07, 6.45) is 0.723. The number of nitrogens with two attached hydrogens (primary N) is 1. The minimum Gasteiger partial charge on any atom is -0.330 e. The van der Waals surface area contributed by atoms with Crippen LogP contribution >= 0.6 is 0 Å². The van der Waals surface area contributed by atoms with E-state index in [4.69, 9.17) is 5.73 Å². The van der Waals surface area contributed by atoms with E-state index in [1.165, 1.54) is 12.1 Å². The molecule has 1 aromatic carbocycles. The van der Waals surface area contributed by atoms with Gasteiger partial charge in [-0.25, -0.2) is 4.39 Å². The number of rotatable bonds is 5. The molecule has 0 spiro atoms. The van der Waals surface area contributed by atoms with E-state index in [1.807, 2.05) is 13.8 Å². The highest BCUT2D eigenvalue weighted by Crippen LogP contribution is 2.19. The highest BCUT2D eigenvalue weighted by molar-refractivity contribution is 5.36. The summed E-state index contributed by atoms with van der Waals surface area (Å²) in [5.41, 5.74) is 8.72. The Morgan fingerprint density at radius 2 is 2.10 bits per heavy atom. The van der Waals surface area contributed by atoms with Gasteiger partial charge in [0, 0.05) is 11.8 Å². The first-order valence-corrected chi connectivity index (χ1v) is 6.59. The van der Waals surface area contributed by atoms with E-state index in [9.17, 15) is 14.5 Å². The number of aryl methyl sites for hydroxylation is 1. The Kier molecular flexibility index (Phi) is 4.32. The van der Waals surface area contributed by atoms with Gasteiger partial charge in [0.1, 0.15) is 5.82 Å². The fourth-order valence-electron chi connectivity index (χ4n) is 2.40. The maximum absolute atomic E-state index is 13.4. The summed E-state index contributed by atoms with van der Waals surface area (Å²) in [7, 11) is 0. The molecule has 2 rings (SSSR count). The van der Waals surface area contributed by atoms with E-state index in [0.29, 0.717) is 12.1 Å². The van der Waals surface area contributed by atoms with Crippen molar-refractivity contribution in [2.24, 2.45) is 5.73 Å². The van der Waals surface area contributed by atoms with Gasteiger partial charge in [0.15, 0.2) is 0 Å². The van der Waals surface area contributed by atoms with Gasteiger partial charge in [0.25, 0.3) is 5.69 Å². The monoisotopic (exact) mass is 292 g/mol. The third-order valence-corrected chi connectivity index (χ3v) is 3.41. The molecule has 0 bridgehead atoms. The third-order valence-electron chi connectivity index (χ3n) is 3.41. The first-order chi connectivity index (χ1) is 9.92. The highest BCUT2D eigenvalue weighted by atomic mass is 19.1. The van der Waals surface area contributed by atoms with Crippen molar-refractivity contribution in [3.63, 3.8) is 0 Å². The molecule has 0 fully saturated rings. The Labute approximate surface area is 121 Å². The average Bonchev–Trinajstić information content (AvgIpc) is 2.66. The fraction of sp³-hybridized carbons (Fsp3) is 0.357. The molecule has 0 amide bonds. The number of aromatic nitrogens is 2. The maximum Gasteiger partial charge on any atom is 0.272 e. The second-order valence-electron chi connectivity index (χ2n) is 4.92. The van der Waals surface area contributed by atoms with Crippen LogP contribution in [0.4, 0.5) is 10.1 Å². The predicted octanol–water partition coefficient (Wildman–Crippen LogP) is 2.10. The van der Waals surface area contributed by atoms with Gasteiger partial charge in [0.2, 0.25) is 0 Å². The molecule has 0 saturated heterocycles. The van der Waals surface area contributed by atoms with Crippen LogP contribution in [0.2, 0.25) is 0 Å². The lowest BCUT2D eigenvalue weighted by Crippen LogP contribution is -2.07. The van der Waals surface area contributed by atoms with E-state index in [-0.39, 0.29) is 12.2 Å². The van der Waals surface area contributed by atoms with Crippen LogP contribution in [0.1, 0.15) is 22.5 Å². The standard InChI is InChI=1S/C14H17FN4O2/c1-9-14(3-4-16)10(2)18(17-9)8-11-5-12(15)7-13(6-11)19(20)21/h5-7H,3-4,8,16H2,1-2H3. The van der Waals surface area contributed by atoms with Crippen molar-refractivity contribution in [2.45, 2.75) is 26.8 Å². The SMILES string of the molecule is Cc1nn(Cc2cc(F)cc([N+](=O)[O-])c2)c(C)c1CCN. The largest absolute Gasteiger partial charge is 0.330 e. The molecule has 0 aliphatic carbocycles. The Morgan fingerprint density at radius 3 is 2.71 bits per heavy atom. The van der Waals surface area contributed by atoms with Crippen LogP contribution in [0.3, 0.4) is 0 Å². The number of non-ortho nitro benzene ring substituents is 1. The summed E-state index contributed by atoms with van der Waals surface area (Å²) in [4.78, 5) is 10.2. The Balaban J connectivity index is 2.34. The van der Waals surface area contributed by atoms with Gasteiger partial charge in [-0.2, -0.15) is 5.10 Å². The van der Waals surface area contributed by atoms with Crippen LogP contribution in [0.25, 0.3) is 0 Å². The summed E-state index contributed by atoms with van der Waals surface area (Å²) in [6.45, 7) is 4.62. The van der Waals surface area contributed by atoms with Crippen molar-refractivity contribution in [2.75, 3.05) is 6.54 Å². The highest BCUT2D eigenvalue weighted by Gasteiger charge is 2.14. The zero-order chi connectivity index (χ0) is 15.6. The van der Waals surface area contributed by atoms with Gasteiger partial charge < -0.3 is 5.73 Å². The van der Waals surface area contributed by atoms with Crippen molar-refractivity contribution in [1.29, 1.82) is 0 Å². The molecule has 21 heavy (non-hydrogen) atoms. The van der Waals surface area contributed by atoms with E-state index in [2.05, 4.69) is 5.10 Å². The van der Waals surface area contributed by atoms with E-state index in [1.54, 1.807) is 4.68 Å². The normalized spacial score (nSPS) is 10.9. The fourth-order valence-corrected chi connectivity index (χ4v) is 2.40. The molecule has 1 aromatic heterocycles. The van der Waals surface area contributed by atoms with Gasteiger partial charge in [-0.15, -0.1) is 0 Å². The molecule has 0 aliphatic rings. The molecule has 0 radical (unpaired) electrons. The van der Waals surface area contributed by atoms with Crippen molar-refractivity contribution < 1.29 is 9.31 Å². The van der Waals surface area contributed by atoms with Crippen LogP contribution in [0.15, 0.2) is 18.2 Å². The predicted molar refractivity (Wildman–Crippen MR) is 76.6 cm³/mol. The van der Waals surface area contributed by atoms with Gasteiger partial charge in [-0.05, 0) is 44.0 Å². The topological polar surface area (TPSA) is 87.0 Å². The average molecular weight is 292 g/mol. The molecule has 0 unspecified atom stereocenters. The molecular formula is C14H17FN4O2. The van der Waals surface area contributed by atoms with Crippen LogP contribution in [-0.2, 0) is 13.0 Å². The number of halogens is 1. The van der Waals surface area contributed by atoms with E-state index >= 15 is 0 Å². The van der Waals surface area contributed by atoms with Crippen molar-refractivity contribution in [3.8, 4) is 0 Å². The number of nitrogens with zero attached hydrogens (tertiary/aromatic N) is 3. The molecule has 7 heteroatoms. The minimum absolute atomic E-state index is 0.256. The third kappa shape index (κ3) is 3.25. The molecular weight excluding hydrogens is 275 g/mol. The molecule has 2 aromatic rings. The number of nitro groups is 1. The van der Waals surface area contributed by atoms with Crippen LogP contribution < -0.4 is 5.73 Å². The summed E-state index contributed by atoms with van der Waals surface area (Å²) in [6, 6.07) is 3.55. The van der Waals surface area contributed by atoms with E-state index in [0.717, 1.165) is 29.4 Å². The van der Waals surface area contributed by atoms with Crippen molar-refractivity contribution in [1.82, 2.24) is 9.78 Å². The van der Waals surface area contributed by atoms with Crippen molar-refractivity contribution in [3.05, 3.63) is 56.6 Å². The number of nitro benzene ring substituents is 1. The first-order valence-electron chi connectivity index (χ1n) is 6.59. The molecule has 1 heterocycles. The lowest BCUT2D eigenvalue weighted by Gasteiger charge is -2.06. The van der Waals surface area contributed by atoms with Crippen LogP contribution in [0, 0.1) is 29.8 Å². The summed E-state index contributed by atoms with van der Waals surface area (Å²) >= 11 is 0.